The molecule has 0 saturated carbocycles. The zero-order valence-electron chi connectivity index (χ0n) is 51.7. The smallest absolute Gasteiger partial charge is 0.0431 e. The minimum Gasteiger partial charge on any atom is -0.396 e. The SMILES string of the molecule is C=C(CCCCC)CCCCCC.CC.CC.CC.CC.CC.CCC.CCC.CCC.CCC.CCC.CCCCC(CC)CC(CC)CCCCCCO.CCCCCCC. The molecule has 2 unspecified atom stereocenters. The van der Waals surface area contributed by atoms with Gasteiger partial charge in [0.15, 0.2) is 0 Å². The molecule has 0 aliphatic rings. The van der Waals surface area contributed by atoms with E-state index in [-0.39, 0.29) is 0 Å². The summed E-state index contributed by atoms with van der Waals surface area (Å²) in [6.07, 6.45) is 39.9. The monoisotopic (exact) mass is 909 g/mol. The van der Waals surface area contributed by atoms with Gasteiger partial charge in [-0.05, 0) is 50.4 Å². The molecule has 1 heteroatoms. The van der Waals surface area contributed by atoms with Crippen LogP contribution in [0.15, 0.2) is 12.2 Å². The molecule has 0 heterocycles. The summed E-state index contributed by atoms with van der Waals surface area (Å²) >= 11 is 0. The zero-order chi connectivity index (χ0) is 52.7. The second kappa shape index (κ2) is 144. The molecule has 402 valence electrons. The molecule has 0 bridgehead atoms. The van der Waals surface area contributed by atoms with Gasteiger partial charge >= 0.3 is 0 Å². The number of allylic oxidation sites excluding steroid dienone is 1. The topological polar surface area (TPSA) is 20.2 Å². The van der Waals surface area contributed by atoms with E-state index in [4.69, 9.17) is 5.11 Å². The molecule has 0 saturated heterocycles. The van der Waals surface area contributed by atoms with Gasteiger partial charge in [0.25, 0.3) is 0 Å². The van der Waals surface area contributed by atoms with Crippen LogP contribution in [0.1, 0.15) is 380 Å². The summed E-state index contributed by atoms with van der Waals surface area (Å²) in [6, 6.07) is 0. The lowest BCUT2D eigenvalue weighted by Crippen LogP contribution is -2.08. The summed E-state index contributed by atoms with van der Waals surface area (Å²) in [5.41, 5.74) is 1.48. The summed E-state index contributed by atoms with van der Waals surface area (Å²) in [6.45, 7) is 61.8. The van der Waals surface area contributed by atoms with Crippen molar-refractivity contribution in [1.29, 1.82) is 0 Å². The molecular weight excluding hydrogens is 761 g/mol. The lowest BCUT2D eigenvalue weighted by Gasteiger charge is -2.21. The lowest BCUT2D eigenvalue weighted by atomic mass is 9.85. The Balaban J connectivity index is -0.0000000443. The van der Waals surface area contributed by atoms with E-state index in [0.29, 0.717) is 6.61 Å². The third kappa shape index (κ3) is 194. The van der Waals surface area contributed by atoms with Crippen molar-refractivity contribution < 1.29 is 5.11 Å². The molecule has 0 aliphatic heterocycles. The van der Waals surface area contributed by atoms with Gasteiger partial charge in [-0.1, -0.05) is 353 Å². The Labute approximate surface area is 413 Å². The van der Waals surface area contributed by atoms with Crippen molar-refractivity contribution in [3.8, 4) is 0 Å². The molecule has 0 aliphatic carbocycles. The number of hydrogen-bond donors (Lipinski definition) is 1. The van der Waals surface area contributed by atoms with Gasteiger partial charge in [0.05, 0.1) is 0 Å². The van der Waals surface area contributed by atoms with Crippen LogP contribution in [-0.4, -0.2) is 11.7 Å². The van der Waals surface area contributed by atoms with Gasteiger partial charge in [0.1, 0.15) is 0 Å². The summed E-state index contributed by atoms with van der Waals surface area (Å²) in [5.74, 6) is 1.91. The molecule has 0 fully saturated rings. The predicted octanol–water partition coefficient (Wildman–Crippen LogP) is 25.8. The number of rotatable bonds is 26. The van der Waals surface area contributed by atoms with Gasteiger partial charge < -0.3 is 5.11 Å². The van der Waals surface area contributed by atoms with Crippen LogP contribution in [0.5, 0.6) is 0 Å². The second-order valence-corrected chi connectivity index (χ2v) is 15.5. The largest absolute Gasteiger partial charge is 0.396 e. The maximum atomic E-state index is 8.75. The Hall–Kier alpha value is -0.300. The molecule has 0 aromatic rings. The third-order valence-electron chi connectivity index (χ3n) is 8.03. The second-order valence-electron chi connectivity index (χ2n) is 15.5. The van der Waals surface area contributed by atoms with Crippen LogP contribution in [0.3, 0.4) is 0 Å². The van der Waals surface area contributed by atoms with Crippen LogP contribution in [0, 0.1) is 11.8 Å². The van der Waals surface area contributed by atoms with Crippen LogP contribution in [-0.2, 0) is 0 Å². The van der Waals surface area contributed by atoms with E-state index in [1.807, 2.05) is 69.2 Å². The summed E-state index contributed by atoms with van der Waals surface area (Å²) in [4.78, 5) is 0. The number of aliphatic hydroxyl groups excluding tert-OH is 1. The van der Waals surface area contributed by atoms with Gasteiger partial charge in [-0.25, -0.2) is 0 Å². The quantitative estimate of drug-likeness (QED) is 0.0677. The van der Waals surface area contributed by atoms with E-state index in [1.165, 1.54) is 192 Å². The zero-order valence-corrected chi connectivity index (χ0v) is 51.7. The van der Waals surface area contributed by atoms with Gasteiger partial charge in [0, 0.05) is 6.61 Å². The molecule has 0 aromatic carbocycles. The van der Waals surface area contributed by atoms with Crippen LogP contribution in [0.4, 0.5) is 0 Å². The predicted molar refractivity (Wildman–Crippen MR) is 315 cm³/mol. The van der Waals surface area contributed by atoms with Crippen LogP contribution in [0.25, 0.3) is 0 Å². The summed E-state index contributed by atoms with van der Waals surface area (Å²) < 4.78 is 0. The first-order valence-electron chi connectivity index (χ1n) is 29.8. The van der Waals surface area contributed by atoms with Crippen molar-refractivity contribution in [2.75, 3.05) is 6.61 Å². The first-order chi connectivity index (χ1) is 30.6. The average molecular weight is 910 g/mol. The Morgan fingerprint density at radius 2 is 0.540 bits per heavy atom. The van der Waals surface area contributed by atoms with Gasteiger partial charge in [-0.3, -0.25) is 0 Å². The van der Waals surface area contributed by atoms with Gasteiger partial charge in [-0.2, -0.15) is 0 Å². The van der Waals surface area contributed by atoms with Crippen LogP contribution >= 0.6 is 0 Å². The maximum absolute atomic E-state index is 8.75. The molecule has 0 spiro atoms. The summed E-state index contributed by atoms with van der Waals surface area (Å²) in [5, 5.41) is 8.75. The number of hydrogen-bond acceptors (Lipinski definition) is 1. The highest BCUT2D eigenvalue weighted by Gasteiger charge is 2.13. The van der Waals surface area contributed by atoms with Crippen molar-refractivity contribution in [2.45, 2.75) is 380 Å². The minimum atomic E-state index is 0.367. The molecule has 1 nitrogen and oxygen atoms in total. The van der Waals surface area contributed by atoms with Crippen molar-refractivity contribution in [3.05, 3.63) is 12.2 Å². The van der Waals surface area contributed by atoms with Crippen molar-refractivity contribution in [1.82, 2.24) is 0 Å². The lowest BCUT2D eigenvalue weighted by molar-refractivity contribution is 0.278. The fourth-order valence-corrected chi connectivity index (χ4v) is 5.07. The molecular formula is C62H148O. The van der Waals surface area contributed by atoms with Gasteiger partial charge in [0.2, 0.25) is 0 Å². The number of unbranched alkanes of at least 4 members (excludes halogenated alkanes) is 13. The van der Waals surface area contributed by atoms with Crippen LogP contribution in [0.2, 0.25) is 0 Å². The van der Waals surface area contributed by atoms with Crippen LogP contribution < -0.4 is 0 Å². The Morgan fingerprint density at radius 3 is 0.810 bits per heavy atom. The molecule has 0 rings (SSSR count). The van der Waals surface area contributed by atoms with E-state index in [9.17, 15) is 0 Å². The highest BCUT2D eigenvalue weighted by atomic mass is 16.2. The Bertz CT molecular complexity index is 454. The normalized spacial score (nSPS) is 9.27. The molecule has 0 amide bonds. The first-order valence-corrected chi connectivity index (χ1v) is 29.8. The molecule has 1 N–H and O–H groups in total. The van der Waals surface area contributed by atoms with E-state index in [2.05, 4.69) is 124 Å². The third-order valence-corrected chi connectivity index (χ3v) is 8.03. The highest BCUT2D eigenvalue weighted by molar-refractivity contribution is 4.93. The number of aliphatic hydroxyl groups is 1. The Morgan fingerprint density at radius 1 is 0.317 bits per heavy atom. The fraction of sp³-hybridized carbons (Fsp3) is 0.968. The van der Waals surface area contributed by atoms with Crippen molar-refractivity contribution in [3.63, 3.8) is 0 Å². The van der Waals surface area contributed by atoms with E-state index >= 15 is 0 Å². The van der Waals surface area contributed by atoms with E-state index < -0.39 is 0 Å². The molecule has 63 heavy (non-hydrogen) atoms. The van der Waals surface area contributed by atoms with Gasteiger partial charge in [-0.15, -0.1) is 0 Å². The summed E-state index contributed by atoms with van der Waals surface area (Å²) in [7, 11) is 0. The average Bonchev–Trinajstić information content (AvgIpc) is 3.31. The first kappa shape index (κ1) is 96.6. The fourth-order valence-electron chi connectivity index (χ4n) is 5.07. The molecule has 0 aromatic heterocycles. The highest BCUT2D eigenvalue weighted by Crippen LogP contribution is 2.27. The van der Waals surface area contributed by atoms with Crippen molar-refractivity contribution in [2.24, 2.45) is 11.8 Å². The minimum absolute atomic E-state index is 0.367. The standard InChI is InChI=1S/C17H36O.C13H26.C7H16.5C3H8.5C2H6/c1-4-7-12-16(5-2)15-17(6-3)13-10-8-9-11-14-18;1-4-6-8-10-12-13(3)11-9-7-5-2;1-3-5-7-6-4-2;5*1-3-2;5*1-2/h16-18H,4-15H2,1-3H3;3-12H2,1-2H3;3-7H2,1-2H3;5*3H2,1-2H3;5*1-2H3. The maximum Gasteiger partial charge on any atom is 0.0431 e. The van der Waals surface area contributed by atoms with E-state index in [1.54, 1.807) is 0 Å². The molecule has 2 atom stereocenters. The Kier molecular flexibility index (Phi) is 221. The molecule has 0 radical (unpaired) electrons. The van der Waals surface area contributed by atoms with E-state index in [0.717, 1.165) is 18.3 Å². The van der Waals surface area contributed by atoms with Crippen molar-refractivity contribution >= 4 is 0 Å².